The summed E-state index contributed by atoms with van der Waals surface area (Å²) in [5.74, 6) is 0.122. The SMILES string of the molecule is CCCCCCC1CC(=O)c2ccc(F)cc2O1. The quantitative estimate of drug-likeness (QED) is 0.734. The van der Waals surface area contributed by atoms with Crippen LogP contribution in [0, 0.1) is 5.82 Å². The lowest BCUT2D eigenvalue weighted by Gasteiger charge is -2.25. The van der Waals surface area contributed by atoms with Crippen molar-refractivity contribution in [1.29, 1.82) is 0 Å². The molecule has 1 aliphatic heterocycles. The molecule has 0 amide bonds. The van der Waals surface area contributed by atoms with Gasteiger partial charge in [-0.3, -0.25) is 4.79 Å². The Balaban J connectivity index is 1.96. The normalized spacial score (nSPS) is 18.3. The molecule has 0 aromatic heterocycles. The van der Waals surface area contributed by atoms with Gasteiger partial charge in [-0.05, 0) is 25.0 Å². The van der Waals surface area contributed by atoms with E-state index in [1.807, 2.05) is 0 Å². The maximum atomic E-state index is 13.1. The number of halogens is 1. The van der Waals surface area contributed by atoms with Gasteiger partial charge in [0.15, 0.2) is 5.78 Å². The molecule has 1 aromatic carbocycles. The van der Waals surface area contributed by atoms with Gasteiger partial charge in [-0.15, -0.1) is 0 Å². The summed E-state index contributed by atoms with van der Waals surface area (Å²) < 4.78 is 18.8. The van der Waals surface area contributed by atoms with Crippen LogP contribution in [0.4, 0.5) is 4.39 Å². The van der Waals surface area contributed by atoms with E-state index < -0.39 is 0 Å². The summed E-state index contributed by atoms with van der Waals surface area (Å²) in [5, 5.41) is 0. The lowest BCUT2D eigenvalue weighted by molar-refractivity contribution is 0.0834. The van der Waals surface area contributed by atoms with E-state index in [1.54, 1.807) is 0 Å². The maximum Gasteiger partial charge on any atom is 0.170 e. The van der Waals surface area contributed by atoms with Gasteiger partial charge >= 0.3 is 0 Å². The van der Waals surface area contributed by atoms with E-state index in [9.17, 15) is 9.18 Å². The van der Waals surface area contributed by atoms with Gasteiger partial charge in [0, 0.05) is 12.5 Å². The van der Waals surface area contributed by atoms with Crippen molar-refractivity contribution in [3.63, 3.8) is 0 Å². The van der Waals surface area contributed by atoms with Gasteiger partial charge < -0.3 is 4.74 Å². The van der Waals surface area contributed by atoms with Crippen molar-refractivity contribution in [2.45, 2.75) is 51.6 Å². The van der Waals surface area contributed by atoms with Gasteiger partial charge in [0.05, 0.1) is 5.56 Å². The Labute approximate surface area is 107 Å². The first-order valence-electron chi connectivity index (χ1n) is 6.70. The molecule has 98 valence electrons. The molecule has 1 atom stereocenters. The van der Waals surface area contributed by atoms with Gasteiger partial charge in [-0.1, -0.05) is 26.2 Å². The van der Waals surface area contributed by atoms with Crippen molar-refractivity contribution < 1.29 is 13.9 Å². The number of carbonyl (C=O) groups excluding carboxylic acids is 1. The summed E-state index contributed by atoms with van der Waals surface area (Å²) >= 11 is 0. The standard InChI is InChI=1S/C15H19FO2/c1-2-3-4-5-6-12-10-14(17)13-8-7-11(16)9-15(13)18-12/h7-9,12H,2-6,10H2,1H3. The molecule has 1 heterocycles. The molecule has 1 unspecified atom stereocenters. The van der Waals surface area contributed by atoms with Crippen LogP contribution in [0.5, 0.6) is 5.75 Å². The van der Waals surface area contributed by atoms with E-state index in [0.717, 1.165) is 12.8 Å². The largest absolute Gasteiger partial charge is 0.489 e. The molecule has 0 saturated heterocycles. The van der Waals surface area contributed by atoms with Crippen molar-refractivity contribution in [2.24, 2.45) is 0 Å². The zero-order valence-corrected chi connectivity index (χ0v) is 10.7. The van der Waals surface area contributed by atoms with Gasteiger partial charge in [0.1, 0.15) is 17.7 Å². The first-order chi connectivity index (χ1) is 8.70. The Bertz CT molecular complexity index is 429. The number of carbonyl (C=O) groups is 1. The highest BCUT2D eigenvalue weighted by molar-refractivity contribution is 5.99. The third-order valence-electron chi connectivity index (χ3n) is 3.33. The van der Waals surface area contributed by atoms with Crippen LogP contribution >= 0.6 is 0 Å². The number of ketones is 1. The van der Waals surface area contributed by atoms with Crippen molar-refractivity contribution >= 4 is 5.78 Å². The number of benzene rings is 1. The Kier molecular flexibility index (Phi) is 4.34. The molecule has 1 aromatic rings. The predicted molar refractivity (Wildman–Crippen MR) is 68.5 cm³/mol. The van der Waals surface area contributed by atoms with Gasteiger partial charge in [-0.2, -0.15) is 0 Å². The second kappa shape index (κ2) is 5.98. The van der Waals surface area contributed by atoms with Crippen molar-refractivity contribution in [3.8, 4) is 5.75 Å². The Morgan fingerprint density at radius 2 is 2.17 bits per heavy atom. The smallest absolute Gasteiger partial charge is 0.170 e. The van der Waals surface area contributed by atoms with Crippen LogP contribution in [-0.2, 0) is 0 Å². The van der Waals surface area contributed by atoms with Crippen LogP contribution in [0.2, 0.25) is 0 Å². The summed E-state index contributed by atoms with van der Waals surface area (Å²) in [5.41, 5.74) is 0.515. The van der Waals surface area contributed by atoms with Crippen LogP contribution in [0.3, 0.4) is 0 Å². The van der Waals surface area contributed by atoms with E-state index in [2.05, 4.69) is 6.92 Å². The fourth-order valence-corrected chi connectivity index (χ4v) is 2.32. The summed E-state index contributed by atoms with van der Waals surface area (Å²) in [7, 11) is 0. The van der Waals surface area contributed by atoms with Gasteiger partial charge in [-0.25, -0.2) is 4.39 Å². The first-order valence-corrected chi connectivity index (χ1v) is 6.70. The van der Waals surface area contributed by atoms with Crippen LogP contribution in [0.25, 0.3) is 0 Å². The lowest BCUT2D eigenvalue weighted by Crippen LogP contribution is -2.26. The van der Waals surface area contributed by atoms with E-state index in [4.69, 9.17) is 4.74 Å². The minimum absolute atomic E-state index is 0.0664. The third-order valence-corrected chi connectivity index (χ3v) is 3.33. The number of ether oxygens (including phenoxy) is 1. The second-order valence-electron chi connectivity index (χ2n) is 4.86. The molecule has 0 spiro atoms. The van der Waals surface area contributed by atoms with Crippen molar-refractivity contribution in [3.05, 3.63) is 29.6 Å². The highest BCUT2D eigenvalue weighted by Crippen LogP contribution is 2.30. The van der Waals surface area contributed by atoms with Crippen LogP contribution in [0.1, 0.15) is 55.8 Å². The molecular weight excluding hydrogens is 231 g/mol. The summed E-state index contributed by atoms with van der Waals surface area (Å²) in [6.45, 7) is 2.17. The molecule has 2 rings (SSSR count). The lowest BCUT2D eigenvalue weighted by atomic mass is 9.97. The van der Waals surface area contributed by atoms with Crippen LogP contribution in [0.15, 0.2) is 18.2 Å². The minimum atomic E-state index is -0.354. The summed E-state index contributed by atoms with van der Waals surface area (Å²) in [6.07, 6.45) is 5.86. The van der Waals surface area contributed by atoms with E-state index in [0.29, 0.717) is 17.7 Å². The first kappa shape index (κ1) is 13.1. The molecule has 0 bridgehead atoms. The van der Waals surface area contributed by atoms with Crippen molar-refractivity contribution in [1.82, 2.24) is 0 Å². The van der Waals surface area contributed by atoms with Crippen LogP contribution < -0.4 is 4.74 Å². The molecule has 0 radical (unpaired) electrons. The molecule has 18 heavy (non-hydrogen) atoms. The maximum absolute atomic E-state index is 13.1. The summed E-state index contributed by atoms with van der Waals surface area (Å²) in [4.78, 5) is 11.9. The van der Waals surface area contributed by atoms with Crippen molar-refractivity contribution in [2.75, 3.05) is 0 Å². The van der Waals surface area contributed by atoms with Crippen LogP contribution in [-0.4, -0.2) is 11.9 Å². The Morgan fingerprint density at radius 1 is 1.33 bits per heavy atom. The average molecular weight is 250 g/mol. The fourth-order valence-electron chi connectivity index (χ4n) is 2.32. The highest BCUT2D eigenvalue weighted by Gasteiger charge is 2.26. The van der Waals surface area contributed by atoms with E-state index in [-0.39, 0.29) is 17.7 Å². The predicted octanol–water partition coefficient (Wildman–Crippen LogP) is 4.13. The highest BCUT2D eigenvalue weighted by atomic mass is 19.1. The molecule has 0 fully saturated rings. The van der Waals surface area contributed by atoms with Gasteiger partial charge in [0.25, 0.3) is 0 Å². The molecular formula is C15H19FO2. The number of rotatable bonds is 5. The topological polar surface area (TPSA) is 26.3 Å². The fraction of sp³-hybridized carbons (Fsp3) is 0.533. The molecule has 3 heteroatoms. The Hall–Kier alpha value is -1.38. The number of hydrogen-bond acceptors (Lipinski definition) is 2. The van der Waals surface area contributed by atoms with E-state index in [1.165, 1.54) is 37.5 Å². The average Bonchev–Trinajstić information content (AvgIpc) is 2.34. The Morgan fingerprint density at radius 3 is 2.94 bits per heavy atom. The molecule has 0 N–H and O–H groups in total. The van der Waals surface area contributed by atoms with E-state index >= 15 is 0 Å². The van der Waals surface area contributed by atoms with Gasteiger partial charge in [0.2, 0.25) is 0 Å². The molecule has 0 aliphatic carbocycles. The monoisotopic (exact) mass is 250 g/mol. The number of fused-ring (bicyclic) bond motifs is 1. The minimum Gasteiger partial charge on any atom is -0.489 e. The zero-order valence-electron chi connectivity index (χ0n) is 10.7. The second-order valence-corrected chi connectivity index (χ2v) is 4.86. The number of unbranched alkanes of at least 4 members (excludes halogenated alkanes) is 3. The number of Topliss-reactive ketones (excluding diaryl/α,β-unsaturated/α-hetero) is 1. The number of hydrogen-bond donors (Lipinski definition) is 0. The zero-order chi connectivity index (χ0) is 13.0. The summed E-state index contributed by atoms with van der Waals surface area (Å²) in [6, 6.07) is 4.13. The molecule has 2 nitrogen and oxygen atoms in total. The molecule has 0 saturated carbocycles. The third kappa shape index (κ3) is 3.09. The molecule has 1 aliphatic rings.